The number of likely N-dealkylation sites (tertiary alicyclic amines) is 1. The van der Waals surface area contributed by atoms with Gasteiger partial charge in [-0.05, 0) is 30.5 Å². The van der Waals surface area contributed by atoms with Gasteiger partial charge in [-0.3, -0.25) is 20.0 Å². The van der Waals surface area contributed by atoms with Gasteiger partial charge in [0.25, 0.3) is 5.91 Å². The summed E-state index contributed by atoms with van der Waals surface area (Å²) in [5, 5.41) is 1.83. The van der Waals surface area contributed by atoms with Crippen molar-refractivity contribution in [2.24, 2.45) is 0 Å². The van der Waals surface area contributed by atoms with Crippen molar-refractivity contribution < 1.29 is 9.59 Å². The summed E-state index contributed by atoms with van der Waals surface area (Å²) in [6.45, 7) is 1.33. The van der Waals surface area contributed by atoms with Crippen molar-refractivity contribution in [3.63, 3.8) is 0 Å². The normalized spacial score (nSPS) is 14.6. The number of para-hydroxylation sites is 1. The second-order valence-corrected chi connectivity index (χ2v) is 6.57. The third-order valence-corrected chi connectivity index (χ3v) is 4.52. The van der Waals surface area contributed by atoms with Crippen LogP contribution < -0.4 is 10.4 Å². The minimum Gasteiger partial charge on any atom is -0.333 e. The lowest BCUT2D eigenvalue weighted by Gasteiger charge is -2.27. The van der Waals surface area contributed by atoms with Gasteiger partial charge < -0.3 is 4.90 Å². The SMILES string of the molecule is O=C(CN1CCCCCC1=O)NN(Cc1ccccc1)c1ccccc1. The zero-order valence-electron chi connectivity index (χ0n) is 14.9. The molecule has 1 N–H and O–H groups in total. The Morgan fingerprint density at radius 3 is 2.38 bits per heavy atom. The van der Waals surface area contributed by atoms with Crippen molar-refractivity contribution >= 4 is 17.5 Å². The average Bonchev–Trinajstić information content (AvgIpc) is 2.87. The number of hydrogen-bond acceptors (Lipinski definition) is 3. The summed E-state index contributed by atoms with van der Waals surface area (Å²) in [6.07, 6.45) is 3.47. The maximum Gasteiger partial charge on any atom is 0.258 e. The first-order chi connectivity index (χ1) is 12.7. The van der Waals surface area contributed by atoms with E-state index in [2.05, 4.69) is 5.43 Å². The van der Waals surface area contributed by atoms with Gasteiger partial charge in [0.1, 0.15) is 6.54 Å². The minimum atomic E-state index is -0.167. The molecule has 0 aliphatic carbocycles. The molecule has 1 saturated heterocycles. The molecule has 0 bridgehead atoms. The predicted octanol–water partition coefficient (Wildman–Crippen LogP) is 3.13. The highest BCUT2D eigenvalue weighted by atomic mass is 16.2. The fourth-order valence-electron chi connectivity index (χ4n) is 3.13. The highest BCUT2D eigenvalue weighted by Gasteiger charge is 2.20. The standard InChI is InChI=1S/C21H25N3O2/c25-20(17-23-15-9-3-8-14-21(23)26)22-24(19-12-6-2-7-13-19)16-18-10-4-1-5-11-18/h1-2,4-7,10-13H,3,8-9,14-17H2,(H,22,25). The maximum absolute atomic E-state index is 12.6. The Balaban J connectivity index is 1.68. The van der Waals surface area contributed by atoms with Gasteiger partial charge in [-0.1, -0.05) is 55.0 Å². The summed E-state index contributed by atoms with van der Waals surface area (Å²) in [6, 6.07) is 19.7. The Kier molecular flexibility index (Phi) is 6.25. The van der Waals surface area contributed by atoms with E-state index in [-0.39, 0.29) is 18.4 Å². The first-order valence-electron chi connectivity index (χ1n) is 9.16. The molecule has 2 aromatic carbocycles. The van der Waals surface area contributed by atoms with Gasteiger partial charge in [0.05, 0.1) is 12.2 Å². The van der Waals surface area contributed by atoms with Gasteiger partial charge in [0.15, 0.2) is 0 Å². The molecule has 0 radical (unpaired) electrons. The van der Waals surface area contributed by atoms with E-state index >= 15 is 0 Å². The molecule has 136 valence electrons. The van der Waals surface area contributed by atoms with Gasteiger partial charge in [-0.15, -0.1) is 0 Å². The monoisotopic (exact) mass is 351 g/mol. The number of carbonyl (C=O) groups excluding carboxylic acids is 2. The Hall–Kier alpha value is -2.82. The first-order valence-corrected chi connectivity index (χ1v) is 9.16. The number of anilines is 1. The largest absolute Gasteiger partial charge is 0.333 e. The molecule has 0 atom stereocenters. The van der Waals surface area contributed by atoms with Crippen LogP contribution >= 0.6 is 0 Å². The molecule has 1 fully saturated rings. The van der Waals surface area contributed by atoms with Gasteiger partial charge in [-0.25, -0.2) is 0 Å². The lowest BCUT2D eigenvalue weighted by molar-refractivity contribution is -0.135. The lowest BCUT2D eigenvalue weighted by atomic mass is 10.2. The molecular formula is C21H25N3O2. The van der Waals surface area contributed by atoms with Crippen molar-refractivity contribution in [2.75, 3.05) is 18.1 Å². The van der Waals surface area contributed by atoms with Gasteiger partial charge in [0.2, 0.25) is 5.91 Å². The van der Waals surface area contributed by atoms with Crippen molar-refractivity contribution in [3.8, 4) is 0 Å². The van der Waals surface area contributed by atoms with Gasteiger partial charge >= 0.3 is 0 Å². The molecule has 5 heteroatoms. The molecule has 0 unspecified atom stereocenters. The number of nitrogens with zero attached hydrogens (tertiary/aromatic N) is 2. The molecule has 1 aliphatic heterocycles. The van der Waals surface area contributed by atoms with Crippen LogP contribution in [-0.4, -0.2) is 29.8 Å². The van der Waals surface area contributed by atoms with Gasteiger partial charge in [-0.2, -0.15) is 0 Å². The average molecular weight is 351 g/mol. The summed E-state index contributed by atoms with van der Waals surface area (Å²) in [4.78, 5) is 26.4. The van der Waals surface area contributed by atoms with Crippen LogP contribution in [0.3, 0.4) is 0 Å². The van der Waals surface area contributed by atoms with E-state index in [1.165, 1.54) is 0 Å². The highest BCUT2D eigenvalue weighted by Crippen LogP contribution is 2.15. The molecule has 0 spiro atoms. The zero-order valence-corrected chi connectivity index (χ0v) is 14.9. The van der Waals surface area contributed by atoms with E-state index in [9.17, 15) is 9.59 Å². The Bertz CT molecular complexity index is 719. The molecule has 1 heterocycles. The summed E-state index contributed by atoms with van der Waals surface area (Å²) in [5.74, 6) is -0.0907. The number of rotatable bonds is 6. The maximum atomic E-state index is 12.6. The van der Waals surface area contributed by atoms with Crippen LogP contribution in [0.15, 0.2) is 60.7 Å². The topological polar surface area (TPSA) is 52.7 Å². The summed E-state index contributed by atoms with van der Waals surface area (Å²) in [7, 11) is 0. The number of nitrogens with one attached hydrogen (secondary N) is 1. The number of hydrogen-bond donors (Lipinski definition) is 1. The Labute approximate surface area is 154 Å². The van der Waals surface area contributed by atoms with Crippen molar-refractivity contribution in [1.29, 1.82) is 0 Å². The number of carbonyl (C=O) groups is 2. The fraction of sp³-hybridized carbons (Fsp3) is 0.333. The van der Waals surface area contributed by atoms with Crippen LogP contribution in [0.2, 0.25) is 0 Å². The summed E-state index contributed by atoms with van der Waals surface area (Å²) in [5.41, 5.74) is 4.98. The molecular weight excluding hydrogens is 326 g/mol. The Morgan fingerprint density at radius 2 is 1.65 bits per heavy atom. The van der Waals surface area contributed by atoms with E-state index in [1.807, 2.05) is 65.7 Å². The van der Waals surface area contributed by atoms with Crippen molar-refractivity contribution in [2.45, 2.75) is 32.2 Å². The summed E-state index contributed by atoms with van der Waals surface area (Å²) >= 11 is 0. The molecule has 5 nitrogen and oxygen atoms in total. The van der Waals surface area contributed by atoms with Crippen LogP contribution in [0, 0.1) is 0 Å². The second kappa shape index (κ2) is 9.04. The van der Waals surface area contributed by atoms with E-state index in [0.29, 0.717) is 19.5 Å². The van der Waals surface area contributed by atoms with E-state index in [0.717, 1.165) is 30.5 Å². The molecule has 3 rings (SSSR count). The van der Waals surface area contributed by atoms with Crippen LogP contribution in [0.4, 0.5) is 5.69 Å². The molecule has 2 amide bonds. The van der Waals surface area contributed by atoms with Crippen molar-refractivity contribution in [1.82, 2.24) is 10.3 Å². The van der Waals surface area contributed by atoms with Gasteiger partial charge in [0, 0.05) is 13.0 Å². The number of hydrazine groups is 1. The van der Waals surface area contributed by atoms with Crippen molar-refractivity contribution in [3.05, 3.63) is 66.2 Å². The van der Waals surface area contributed by atoms with E-state index < -0.39 is 0 Å². The smallest absolute Gasteiger partial charge is 0.258 e. The third kappa shape index (κ3) is 5.09. The quantitative estimate of drug-likeness (QED) is 0.814. The molecule has 0 aromatic heterocycles. The first kappa shape index (κ1) is 18.0. The molecule has 2 aromatic rings. The highest BCUT2D eigenvalue weighted by molar-refractivity contribution is 5.85. The van der Waals surface area contributed by atoms with E-state index in [4.69, 9.17) is 0 Å². The van der Waals surface area contributed by atoms with E-state index in [1.54, 1.807) is 4.90 Å². The third-order valence-electron chi connectivity index (χ3n) is 4.52. The van der Waals surface area contributed by atoms with Crippen LogP contribution in [0.5, 0.6) is 0 Å². The minimum absolute atomic E-state index is 0.0759. The van der Waals surface area contributed by atoms with Crippen LogP contribution in [0.1, 0.15) is 31.2 Å². The number of benzene rings is 2. The second-order valence-electron chi connectivity index (χ2n) is 6.57. The molecule has 1 aliphatic rings. The lowest BCUT2D eigenvalue weighted by Crippen LogP contribution is -2.47. The Morgan fingerprint density at radius 1 is 0.962 bits per heavy atom. The summed E-state index contributed by atoms with van der Waals surface area (Å²) < 4.78 is 0. The van der Waals surface area contributed by atoms with Crippen LogP contribution in [0.25, 0.3) is 0 Å². The molecule has 26 heavy (non-hydrogen) atoms. The number of amides is 2. The predicted molar refractivity (Wildman–Crippen MR) is 102 cm³/mol. The van der Waals surface area contributed by atoms with Crippen LogP contribution in [-0.2, 0) is 16.1 Å². The zero-order chi connectivity index (χ0) is 18.2. The molecule has 0 saturated carbocycles. The fourth-order valence-corrected chi connectivity index (χ4v) is 3.13.